The summed E-state index contributed by atoms with van der Waals surface area (Å²) in [5.41, 5.74) is 0.333. The number of ether oxygens (including phenoxy) is 3. The van der Waals surface area contributed by atoms with Gasteiger partial charge in [-0.05, 0) is 39.0 Å². The molecule has 2 aliphatic carbocycles. The quantitative estimate of drug-likeness (QED) is 0.372. The van der Waals surface area contributed by atoms with Crippen LogP contribution in [-0.2, 0) is 14.2 Å². The highest BCUT2D eigenvalue weighted by Gasteiger charge is 2.56. The topological polar surface area (TPSA) is 64.1 Å². The van der Waals surface area contributed by atoms with E-state index in [1.54, 1.807) is 0 Å². The van der Waals surface area contributed by atoms with E-state index in [9.17, 15) is 0 Å². The molecule has 6 heteroatoms. The minimum Gasteiger partial charge on any atom is -0.381 e. The molecule has 2 N–H and O–H groups in total. The van der Waals surface area contributed by atoms with Crippen molar-refractivity contribution in [3.8, 4) is 0 Å². The Labute approximate surface area is 158 Å². The summed E-state index contributed by atoms with van der Waals surface area (Å²) >= 11 is 0. The van der Waals surface area contributed by atoms with Crippen LogP contribution in [0.3, 0.4) is 0 Å². The first-order valence-corrected chi connectivity index (χ1v) is 10.5. The molecule has 6 nitrogen and oxygen atoms in total. The summed E-state index contributed by atoms with van der Waals surface area (Å²) in [6.45, 7) is 7.18. The van der Waals surface area contributed by atoms with Crippen LogP contribution in [0.15, 0.2) is 4.99 Å². The largest absolute Gasteiger partial charge is 0.381 e. The lowest BCUT2D eigenvalue weighted by Gasteiger charge is -2.54. The van der Waals surface area contributed by atoms with Crippen molar-refractivity contribution in [2.24, 2.45) is 16.3 Å². The van der Waals surface area contributed by atoms with Gasteiger partial charge in [0.1, 0.15) is 0 Å². The molecule has 0 bridgehead atoms. The molecule has 1 spiro atoms. The van der Waals surface area contributed by atoms with Crippen molar-refractivity contribution in [1.82, 2.24) is 10.6 Å². The van der Waals surface area contributed by atoms with Crippen molar-refractivity contribution in [1.29, 1.82) is 0 Å². The van der Waals surface area contributed by atoms with Gasteiger partial charge in [-0.25, -0.2) is 0 Å². The van der Waals surface area contributed by atoms with Crippen molar-refractivity contribution in [3.05, 3.63) is 0 Å². The lowest BCUT2D eigenvalue weighted by Crippen LogP contribution is -2.65. The van der Waals surface area contributed by atoms with Gasteiger partial charge in [0, 0.05) is 50.8 Å². The number of nitrogens with one attached hydrogen (secondary N) is 2. The maximum atomic E-state index is 6.00. The fourth-order valence-corrected chi connectivity index (χ4v) is 4.79. The van der Waals surface area contributed by atoms with Crippen molar-refractivity contribution >= 4 is 5.96 Å². The number of nitrogens with zero attached hydrogens (tertiary/aromatic N) is 1. The van der Waals surface area contributed by atoms with Crippen LogP contribution in [0.2, 0.25) is 0 Å². The highest BCUT2D eigenvalue weighted by molar-refractivity contribution is 5.80. The van der Waals surface area contributed by atoms with Crippen LogP contribution in [-0.4, -0.2) is 64.7 Å². The summed E-state index contributed by atoms with van der Waals surface area (Å²) in [7, 11) is 1.85. The van der Waals surface area contributed by atoms with E-state index in [4.69, 9.17) is 14.2 Å². The molecule has 0 aromatic rings. The Bertz CT molecular complexity index is 446. The average molecular weight is 368 g/mol. The summed E-state index contributed by atoms with van der Waals surface area (Å²) < 4.78 is 17.1. The van der Waals surface area contributed by atoms with Gasteiger partial charge in [-0.1, -0.05) is 12.8 Å². The molecule has 26 heavy (non-hydrogen) atoms. The van der Waals surface area contributed by atoms with E-state index >= 15 is 0 Å². The highest BCUT2D eigenvalue weighted by atomic mass is 16.5. The molecule has 1 heterocycles. The van der Waals surface area contributed by atoms with Gasteiger partial charge in [0.15, 0.2) is 5.96 Å². The number of guanidine groups is 1. The summed E-state index contributed by atoms with van der Waals surface area (Å²) in [6, 6.07) is 0.492. The summed E-state index contributed by atoms with van der Waals surface area (Å²) in [5, 5.41) is 7.11. The Morgan fingerprint density at radius 1 is 1.31 bits per heavy atom. The number of aliphatic imine (C=N–C) groups is 1. The predicted octanol–water partition coefficient (Wildman–Crippen LogP) is 2.33. The zero-order chi connectivity index (χ0) is 18.2. The molecule has 0 aromatic carbocycles. The van der Waals surface area contributed by atoms with Crippen molar-refractivity contribution in [2.45, 2.75) is 64.0 Å². The van der Waals surface area contributed by atoms with E-state index in [2.05, 4.69) is 22.5 Å². The summed E-state index contributed by atoms with van der Waals surface area (Å²) in [5.74, 6) is 1.51. The third-order valence-electron chi connectivity index (χ3n) is 6.36. The third kappa shape index (κ3) is 4.70. The van der Waals surface area contributed by atoms with Crippen LogP contribution in [0.25, 0.3) is 0 Å². The fraction of sp³-hybridized carbons (Fsp3) is 0.950. The Morgan fingerprint density at radius 3 is 2.85 bits per heavy atom. The van der Waals surface area contributed by atoms with Gasteiger partial charge >= 0.3 is 0 Å². The van der Waals surface area contributed by atoms with Gasteiger partial charge in [-0.3, -0.25) is 4.99 Å². The molecule has 3 aliphatic rings. The maximum absolute atomic E-state index is 6.00. The minimum atomic E-state index is 0.333. The SMILES string of the molecule is CCOC1CC(NC(=NC)NCCCOCC2CCOC2)C12CCCC2. The average Bonchev–Trinajstić information content (AvgIpc) is 3.35. The smallest absolute Gasteiger partial charge is 0.191 e. The molecule has 0 radical (unpaired) electrons. The van der Waals surface area contributed by atoms with E-state index < -0.39 is 0 Å². The molecule has 1 saturated heterocycles. The first-order valence-electron chi connectivity index (χ1n) is 10.5. The van der Waals surface area contributed by atoms with E-state index in [-0.39, 0.29) is 0 Å². The molecular weight excluding hydrogens is 330 g/mol. The molecule has 0 amide bonds. The number of rotatable bonds is 9. The lowest BCUT2D eigenvalue weighted by atomic mass is 9.60. The van der Waals surface area contributed by atoms with Gasteiger partial charge in [-0.15, -0.1) is 0 Å². The van der Waals surface area contributed by atoms with Crippen LogP contribution in [0.5, 0.6) is 0 Å². The Hall–Kier alpha value is -0.850. The van der Waals surface area contributed by atoms with Gasteiger partial charge in [0.2, 0.25) is 0 Å². The van der Waals surface area contributed by atoms with Gasteiger partial charge in [0.05, 0.1) is 19.3 Å². The van der Waals surface area contributed by atoms with Crippen LogP contribution >= 0.6 is 0 Å². The van der Waals surface area contributed by atoms with Crippen molar-refractivity contribution in [3.63, 3.8) is 0 Å². The van der Waals surface area contributed by atoms with Gasteiger partial charge in [0.25, 0.3) is 0 Å². The summed E-state index contributed by atoms with van der Waals surface area (Å²) in [4.78, 5) is 4.41. The molecule has 3 unspecified atom stereocenters. The Kier molecular flexibility index (Phi) is 7.58. The second-order valence-electron chi connectivity index (χ2n) is 7.97. The molecule has 1 aliphatic heterocycles. The molecule has 3 rings (SSSR count). The molecule has 2 saturated carbocycles. The first kappa shape index (κ1) is 19.9. The maximum Gasteiger partial charge on any atom is 0.191 e. The highest BCUT2D eigenvalue weighted by Crippen LogP contribution is 2.54. The zero-order valence-corrected chi connectivity index (χ0v) is 16.6. The predicted molar refractivity (Wildman–Crippen MR) is 104 cm³/mol. The third-order valence-corrected chi connectivity index (χ3v) is 6.36. The number of hydrogen-bond acceptors (Lipinski definition) is 4. The Balaban J connectivity index is 1.33. The van der Waals surface area contributed by atoms with Crippen LogP contribution in [0.4, 0.5) is 0 Å². The second kappa shape index (κ2) is 9.90. The van der Waals surface area contributed by atoms with Crippen molar-refractivity contribution < 1.29 is 14.2 Å². The van der Waals surface area contributed by atoms with E-state index in [0.717, 1.165) is 64.8 Å². The summed E-state index contributed by atoms with van der Waals surface area (Å²) in [6.07, 6.45) is 8.89. The molecule has 150 valence electrons. The van der Waals surface area contributed by atoms with Gasteiger partial charge < -0.3 is 24.8 Å². The monoisotopic (exact) mass is 367 g/mol. The van der Waals surface area contributed by atoms with E-state index in [0.29, 0.717) is 23.5 Å². The zero-order valence-electron chi connectivity index (χ0n) is 16.6. The Morgan fingerprint density at radius 2 is 2.15 bits per heavy atom. The second-order valence-corrected chi connectivity index (χ2v) is 7.97. The first-order chi connectivity index (χ1) is 12.8. The molecule has 0 aromatic heterocycles. The lowest BCUT2D eigenvalue weighted by molar-refractivity contribution is -0.125. The minimum absolute atomic E-state index is 0.333. The van der Waals surface area contributed by atoms with E-state index in [1.165, 1.54) is 25.7 Å². The number of hydrogen-bond donors (Lipinski definition) is 2. The molecular formula is C20H37N3O3. The molecule has 3 fully saturated rings. The standard InChI is InChI=1S/C20H37N3O3/c1-3-26-18-13-17(20(18)8-4-5-9-20)23-19(21-2)22-10-6-11-24-14-16-7-12-25-15-16/h16-18H,3-15H2,1-2H3,(H2,21,22,23). The normalized spacial score (nSPS) is 30.5. The van der Waals surface area contributed by atoms with Crippen LogP contribution in [0.1, 0.15) is 51.9 Å². The van der Waals surface area contributed by atoms with Crippen LogP contribution < -0.4 is 10.6 Å². The van der Waals surface area contributed by atoms with Crippen LogP contribution in [0, 0.1) is 11.3 Å². The molecule has 3 atom stereocenters. The fourth-order valence-electron chi connectivity index (χ4n) is 4.79. The van der Waals surface area contributed by atoms with Gasteiger partial charge in [-0.2, -0.15) is 0 Å². The van der Waals surface area contributed by atoms with Crippen molar-refractivity contribution in [2.75, 3.05) is 46.6 Å². The van der Waals surface area contributed by atoms with E-state index in [1.807, 2.05) is 7.05 Å².